The maximum atomic E-state index is 10.7. The van der Waals surface area contributed by atoms with E-state index in [9.17, 15) is 9.59 Å². The summed E-state index contributed by atoms with van der Waals surface area (Å²) < 4.78 is 0. The third-order valence-corrected chi connectivity index (χ3v) is 1.53. The van der Waals surface area contributed by atoms with Crippen molar-refractivity contribution in [1.29, 1.82) is 0 Å². The summed E-state index contributed by atoms with van der Waals surface area (Å²) in [5, 5.41) is 4.58. The van der Waals surface area contributed by atoms with Crippen LogP contribution < -0.4 is 10.6 Å². The Bertz CT molecular complexity index is 171. The number of thiol groups is 1. The zero-order valence-electron chi connectivity index (χ0n) is 5.26. The van der Waals surface area contributed by atoms with E-state index in [1.54, 1.807) is 0 Å². The molecule has 0 unspecified atom stereocenters. The first-order chi connectivity index (χ1) is 4.74. The van der Waals surface area contributed by atoms with Crippen LogP contribution in [0, 0.1) is 0 Å². The molecule has 1 fully saturated rings. The Morgan fingerprint density at radius 1 is 1.50 bits per heavy atom. The van der Waals surface area contributed by atoms with Crippen molar-refractivity contribution in [1.82, 2.24) is 10.6 Å². The number of imide groups is 1. The zero-order chi connectivity index (χ0) is 7.56. The van der Waals surface area contributed by atoms with Crippen molar-refractivity contribution in [3.8, 4) is 0 Å². The van der Waals surface area contributed by atoms with Crippen molar-refractivity contribution in [2.75, 3.05) is 5.75 Å². The molecular formula is C5H8N2O2S. The highest BCUT2D eigenvalue weighted by atomic mass is 32.1. The molecule has 0 saturated carbocycles. The summed E-state index contributed by atoms with van der Waals surface area (Å²) in [5.41, 5.74) is 0. The number of hydrogen-bond acceptors (Lipinski definition) is 3. The zero-order valence-corrected chi connectivity index (χ0v) is 6.15. The summed E-state index contributed by atoms with van der Waals surface area (Å²) in [6.07, 6.45) is 0.584. The first kappa shape index (κ1) is 7.40. The van der Waals surface area contributed by atoms with E-state index in [2.05, 4.69) is 23.3 Å². The van der Waals surface area contributed by atoms with Crippen LogP contribution >= 0.6 is 12.6 Å². The maximum Gasteiger partial charge on any atom is 0.322 e. The fraction of sp³-hybridized carbons (Fsp3) is 0.600. The van der Waals surface area contributed by atoms with E-state index in [-0.39, 0.29) is 11.9 Å². The number of carbonyl (C=O) groups excluding carboxylic acids is 2. The van der Waals surface area contributed by atoms with Crippen molar-refractivity contribution >= 4 is 24.6 Å². The van der Waals surface area contributed by atoms with Gasteiger partial charge in [-0.1, -0.05) is 0 Å². The Kier molecular flexibility index (Phi) is 2.16. The smallest absolute Gasteiger partial charge is 0.322 e. The second-order valence-corrected chi connectivity index (χ2v) is 2.47. The van der Waals surface area contributed by atoms with E-state index >= 15 is 0 Å². The number of urea groups is 1. The molecule has 3 amide bonds. The molecule has 1 aliphatic rings. The third kappa shape index (κ3) is 1.41. The molecule has 1 rings (SSSR count). The average Bonchev–Trinajstić information content (AvgIpc) is 2.13. The Balaban J connectivity index is 2.46. The van der Waals surface area contributed by atoms with Gasteiger partial charge in [-0.25, -0.2) is 4.79 Å². The molecule has 1 heterocycles. The van der Waals surface area contributed by atoms with E-state index in [0.717, 1.165) is 0 Å². The quantitative estimate of drug-likeness (QED) is 0.377. The van der Waals surface area contributed by atoms with E-state index in [1.165, 1.54) is 0 Å². The van der Waals surface area contributed by atoms with Crippen LogP contribution in [0.4, 0.5) is 4.79 Å². The SMILES string of the molecule is O=C1NC(=O)[C@@H](CCS)N1. The summed E-state index contributed by atoms with van der Waals surface area (Å²) in [4.78, 5) is 21.2. The highest BCUT2D eigenvalue weighted by molar-refractivity contribution is 7.80. The fourth-order valence-corrected chi connectivity index (χ4v) is 1.05. The lowest BCUT2D eigenvalue weighted by Gasteiger charge is -2.01. The van der Waals surface area contributed by atoms with Crippen molar-refractivity contribution in [2.45, 2.75) is 12.5 Å². The highest BCUT2D eigenvalue weighted by Gasteiger charge is 2.27. The summed E-state index contributed by atoms with van der Waals surface area (Å²) >= 11 is 3.93. The van der Waals surface area contributed by atoms with Crippen molar-refractivity contribution in [3.63, 3.8) is 0 Å². The Morgan fingerprint density at radius 2 is 2.20 bits per heavy atom. The topological polar surface area (TPSA) is 58.2 Å². The van der Waals surface area contributed by atoms with Crippen LogP contribution in [0.5, 0.6) is 0 Å². The Labute approximate surface area is 63.8 Å². The van der Waals surface area contributed by atoms with Crippen LogP contribution in [0.2, 0.25) is 0 Å². The van der Waals surface area contributed by atoms with E-state index in [4.69, 9.17) is 0 Å². The van der Waals surface area contributed by atoms with E-state index in [0.29, 0.717) is 12.2 Å². The third-order valence-electron chi connectivity index (χ3n) is 1.28. The molecule has 56 valence electrons. The molecule has 5 heteroatoms. The first-order valence-corrected chi connectivity index (χ1v) is 3.59. The number of rotatable bonds is 2. The van der Waals surface area contributed by atoms with Gasteiger partial charge in [-0.3, -0.25) is 10.1 Å². The predicted molar refractivity (Wildman–Crippen MR) is 38.9 cm³/mol. The summed E-state index contributed by atoms with van der Waals surface area (Å²) in [6, 6.07) is -0.776. The molecule has 0 aliphatic carbocycles. The molecule has 1 saturated heterocycles. The van der Waals surface area contributed by atoms with Crippen LogP contribution in [-0.2, 0) is 4.79 Å². The molecule has 2 N–H and O–H groups in total. The fourth-order valence-electron chi connectivity index (χ4n) is 0.791. The van der Waals surface area contributed by atoms with Gasteiger partial charge >= 0.3 is 6.03 Å². The van der Waals surface area contributed by atoms with Gasteiger partial charge in [0, 0.05) is 0 Å². The second-order valence-electron chi connectivity index (χ2n) is 2.03. The molecule has 0 aromatic rings. The van der Waals surface area contributed by atoms with Crippen LogP contribution in [-0.4, -0.2) is 23.7 Å². The lowest BCUT2D eigenvalue weighted by molar-refractivity contribution is -0.120. The molecule has 0 radical (unpaired) electrons. The average molecular weight is 160 g/mol. The van der Waals surface area contributed by atoms with Crippen LogP contribution in [0.3, 0.4) is 0 Å². The number of hydrogen-bond donors (Lipinski definition) is 3. The monoisotopic (exact) mass is 160 g/mol. The van der Waals surface area contributed by atoms with Gasteiger partial charge in [-0.05, 0) is 12.2 Å². The molecule has 1 atom stereocenters. The van der Waals surface area contributed by atoms with Crippen LogP contribution in [0.25, 0.3) is 0 Å². The van der Waals surface area contributed by atoms with E-state index in [1.807, 2.05) is 0 Å². The summed E-state index contributed by atoms with van der Waals surface area (Å²) in [7, 11) is 0. The van der Waals surface area contributed by atoms with E-state index < -0.39 is 6.03 Å². The normalized spacial score (nSPS) is 24.3. The number of nitrogens with one attached hydrogen (secondary N) is 2. The van der Waals surface area contributed by atoms with Gasteiger partial charge in [-0.15, -0.1) is 0 Å². The van der Waals surface area contributed by atoms with Crippen molar-refractivity contribution in [3.05, 3.63) is 0 Å². The van der Waals surface area contributed by atoms with Crippen molar-refractivity contribution in [2.24, 2.45) is 0 Å². The van der Waals surface area contributed by atoms with Crippen molar-refractivity contribution < 1.29 is 9.59 Å². The molecule has 0 aromatic carbocycles. The van der Waals surface area contributed by atoms with Crippen LogP contribution in [0.1, 0.15) is 6.42 Å². The Morgan fingerprint density at radius 3 is 2.60 bits per heavy atom. The maximum absolute atomic E-state index is 10.7. The molecule has 1 aliphatic heterocycles. The Hall–Kier alpha value is -0.710. The number of carbonyl (C=O) groups is 2. The lowest BCUT2D eigenvalue weighted by atomic mass is 10.2. The molecule has 10 heavy (non-hydrogen) atoms. The van der Waals surface area contributed by atoms with Gasteiger partial charge in [0.1, 0.15) is 6.04 Å². The largest absolute Gasteiger partial charge is 0.326 e. The van der Waals surface area contributed by atoms with Crippen LogP contribution in [0.15, 0.2) is 0 Å². The lowest BCUT2D eigenvalue weighted by Crippen LogP contribution is -2.28. The van der Waals surface area contributed by atoms with Gasteiger partial charge in [0.15, 0.2) is 0 Å². The number of amides is 3. The van der Waals surface area contributed by atoms with Gasteiger partial charge in [-0.2, -0.15) is 12.6 Å². The molecule has 4 nitrogen and oxygen atoms in total. The molecule has 0 aromatic heterocycles. The standard InChI is InChI=1S/C5H8N2O2S/c8-4-3(1-2-10)6-5(9)7-4/h3,10H,1-2H2,(H2,6,7,8,9)/t3-/m1/s1. The predicted octanol–water partition coefficient (Wildman–Crippen LogP) is -0.486. The van der Waals surface area contributed by atoms with Gasteiger partial charge < -0.3 is 5.32 Å². The highest BCUT2D eigenvalue weighted by Crippen LogP contribution is 1.98. The minimum absolute atomic E-state index is 0.251. The second kappa shape index (κ2) is 2.92. The minimum Gasteiger partial charge on any atom is -0.326 e. The molecule has 0 spiro atoms. The first-order valence-electron chi connectivity index (χ1n) is 2.96. The molecular weight excluding hydrogens is 152 g/mol. The summed E-state index contributed by atoms with van der Waals surface area (Å²) in [6.45, 7) is 0. The molecule has 0 bridgehead atoms. The van der Waals surface area contributed by atoms with Gasteiger partial charge in [0.2, 0.25) is 0 Å². The minimum atomic E-state index is -0.406. The van der Waals surface area contributed by atoms with Gasteiger partial charge in [0.25, 0.3) is 5.91 Å². The summed E-state index contributed by atoms with van der Waals surface area (Å²) in [5.74, 6) is 0.345. The van der Waals surface area contributed by atoms with Gasteiger partial charge in [0.05, 0.1) is 0 Å².